The highest BCUT2D eigenvalue weighted by Gasteiger charge is 2.38. The van der Waals surface area contributed by atoms with Crippen LogP contribution in [0.3, 0.4) is 0 Å². The highest BCUT2D eigenvalue weighted by Crippen LogP contribution is 2.40. The van der Waals surface area contributed by atoms with Crippen LogP contribution in [0.25, 0.3) is 28.0 Å². The average Bonchev–Trinajstić information content (AvgIpc) is 3.44. The number of rotatable bonds is 3. The van der Waals surface area contributed by atoms with E-state index in [1.807, 2.05) is 71.2 Å². The predicted octanol–water partition coefficient (Wildman–Crippen LogP) is 7.33. The lowest BCUT2D eigenvalue weighted by Crippen LogP contribution is -2.45. The number of nitrogens with zero attached hydrogens (tertiary/aromatic N) is 5. The molecule has 3 aliphatic heterocycles. The standard InChI is InChI=1S/C37H44FN5O5/c1-22-13-16-39-21-46-37(7)14-17-42(18-15-37)34-32(33(35(44)45)48-36(4,5)6)24(3)40-30-20-28(41-43(30)34)25-9-8-10-26(19-25)31-23(2)27(38)11-12-29(31)47-22/h8-12,16,19-20,22,33H,13-15,17-18,21H2,1-7H3,(H,44,45). The monoisotopic (exact) mass is 657 g/mol. The van der Waals surface area contributed by atoms with E-state index in [-0.39, 0.29) is 18.7 Å². The van der Waals surface area contributed by atoms with Gasteiger partial charge in [0.15, 0.2) is 11.8 Å². The van der Waals surface area contributed by atoms with Crippen molar-refractivity contribution in [2.45, 2.75) is 91.1 Å². The molecule has 2 aromatic heterocycles. The molecule has 0 spiro atoms. The summed E-state index contributed by atoms with van der Waals surface area (Å²) in [6.45, 7) is 14.6. The van der Waals surface area contributed by atoms with Crippen LogP contribution in [-0.2, 0) is 14.3 Å². The van der Waals surface area contributed by atoms with Gasteiger partial charge in [-0.2, -0.15) is 9.61 Å². The van der Waals surface area contributed by atoms with Gasteiger partial charge in [0.05, 0.1) is 22.5 Å². The van der Waals surface area contributed by atoms with Gasteiger partial charge in [-0.15, -0.1) is 0 Å². The molecular weight excluding hydrogens is 613 g/mol. The largest absolute Gasteiger partial charge is 0.490 e. The Labute approximate surface area is 280 Å². The molecule has 2 atom stereocenters. The summed E-state index contributed by atoms with van der Waals surface area (Å²) >= 11 is 0. The Hall–Kier alpha value is -4.35. The van der Waals surface area contributed by atoms with E-state index < -0.39 is 23.3 Å². The van der Waals surface area contributed by atoms with Gasteiger partial charge in [0.2, 0.25) is 0 Å². The van der Waals surface area contributed by atoms with Gasteiger partial charge in [0.25, 0.3) is 0 Å². The van der Waals surface area contributed by atoms with Crippen LogP contribution in [0.15, 0.2) is 47.5 Å². The first-order valence-corrected chi connectivity index (χ1v) is 16.5. The van der Waals surface area contributed by atoms with Crippen LogP contribution >= 0.6 is 0 Å². The number of aliphatic carboxylic acids is 1. The zero-order valence-electron chi connectivity index (χ0n) is 28.7. The second kappa shape index (κ2) is 12.9. The van der Waals surface area contributed by atoms with E-state index in [1.54, 1.807) is 17.5 Å². The van der Waals surface area contributed by atoms with Crippen molar-refractivity contribution < 1.29 is 28.5 Å². The number of carboxylic acids is 1. The first kappa shape index (κ1) is 33.5. The van der Waals surface area contributed by atoms with Crippen molar-refractivity contribution >= 4 is 23.6 Å². The fraction of sp³-hybridized carbons (Fsp3) is 0.459. The van der Waals surface area contributed by atoms with Crippen LogP contribution in [0.5, 0.6) is 5.75 Å². The molecule has 5 heterocycles. The molecule has 3 aliphatic rings. The van der Waals surface area contributed by atoms with Crippen LogP contribution in [0.4, 0.5) is 10.2 Å². The Bertz CT molecular complexity index is 1870. The van der Waals surface area contributed by atoms with Crippen LogP contribution in [0.2, 0.25) is 0 Å². The Balaban J connectivity index is 1.56. The summed E-state index contributed by atoms with van der Waals surface area (Å²) in [5.74, 6) is -0.210. The number of piperidine rings is 1. The van der Waals surface area contributed by atoms with Gasteiger partial charge in [0.1, 0.15) is 30.2 Å². The first-order valence-electron chi connectivity index (χ1n) is 16.5. The number of aryl methyl sites for hydroxylation is 1. The number of ether oxygens (including phenoxy) is 3. The normalized spacial score (nSPS) is 20.8. The number of aromatic nitrogens is 3. The van der Waals surface area contributed by atoms with E-state index >= 15 is 0 Å². The lowest BCUT2D eigenvalue weighted by molar-refractivity contribution is -0.160. The lowest BCUT2D eigenvalue weighted by Gasteiger charge is -2.41. The molecular formula is C37H44FN5O5. The molecule has 0 radical (unpaired) electrons. The van der Waals surface area contributed by atoms with E-state index in [0.717, 1.165) is 11.1 Å². The summed E-state index contributed by atoms with van der Waals surface area (Å²) in [6.07, 6.45) is 2.30. The molecule has 1 saturated heterocycles. The highest BCUT2D eigenvalue weighted by atomic mass is 19.1. The van der Waals surface area contributed by atoms with Crippen molar-refractivity contribution in [2.75, 3.05) is 24.7 Å². The molecule has 11 heteroatoms. The van der Waals surface area contributed by atoms with Gasteiger partial charge < -0.3 is 24.2 Å². The molecule has 0 saturated carbocycles. The second-order valence-electron chi connectivity index (χ2n) is 14.0. The van der Waals surface area contributed by atoms with Gasteiger partial charge in [-0.3, -0.25) is 4.99 Å². The third-order valence-electron chi connectivity index (χ3n) is 9.07. The van der Waals surface area contributed by atoms with Gasteiger partial charge in [0, 0.05) is 48.6 Å². The van der Waals surface area contributed by atoms with Gasteiger partial charge in [-0.1, -0.05) is 18.2 Å². The molecule has 1 N–H and O–H groups in total. The Morgan fingerprint density at radius 3 is 2.56 bits per heavy atom. The van der Waals surface area contributed by atoms with Crippen LogP contribution in [0.1, 0.15) is 76.8 Å². The zero-order valence-corrected chi connectivity index (χ0v) is 28.7. The number of anilines is 1. The smallest absolute Gasteiger partial charge is 0.337 e. The number of hydrogen-bond acceptors (Lipinski definition) is 8. The van der Waals surface area contributed by atoms with E-state index in [4.69, 9.17) is 24.3 Å². The number of hydrogen-bond donors (Lipinski definition) is 1. The maximum atomic E-state index is 15.0. The van der Waals surface area contributed by atoms with E-state index in [2.05, 4.69) is 16.8 Å². The van der Waals surface area contributed by atoms with Gasteiger partial charge in [-0.25, -0.2) is 14.2 Å². The SMILES string of the molecule is Cc1nc2cc3nn2c(c1C(OC(C)(C)C)C(=O)O)N1CCC(C)(CC1)OCN=CCC(C)Oc1ccc(F)c(C)c1-c1cccc-3c1. The minimum Gasteiger partial charge on any atom is -0.490 e. The molecule has 48 heavy (non-hydrogen) atoms. The highest BCUT2D eigenvalue weighted by molar-refractivity contribution is 5.81. The molecule has 7 rings (SSSR count). The minimum absolute atomic E-state index is 0.206. The molecule has 2 aromatic carbocycles. The van der Waals surface area contributed by atoms with Crippen LogP contribution < -0.4 is 9.64 Å². The topological polar surface area (TPSA) is 111 Å². The quantitative estimate of drug-likeness (QED) is 0.244. The second-order valence-corrected chi connectivity index (χ2v) is 14.0. The van der Waals surface area contributed by atoms with Gasteiger partial charge >= 0.3 is 5.97 Å². The molecule has 6 bridgehead atoms. The molecule has 10 nitrogen and oxygen atoms in total. The summed E-state index contributed by atoms with van der Waals surface area (Å²) in [5, 5.41) is 15.5. The first-order chi connectivity index (χ1) is 22.7. The zero-order chi connectivity index (χ0) is 34.4. The molecule has 4 aromatic rings. The summed E-state index contributed by atoms with van der Waals surface area (Å²) in [7, 11) is 0. The van der Waals surface area contributed by atoms with Crippen molar-refractivity contribution in [3.05, 3.63) is 65.1 Å². The summed E-state index contributed by atoms with van der Waals surface area (Å²) in [6, 6.07) is 12.8. The van der Waals surface area contributed by atoms with Crippen molar-refractivity contribution in [1.82, 2.24) is 14.6 Å². The summed E-state index contributed by atoms with van der Waals surface area (Å²) in [4.78, 5) is 24.4. The van der Waals surface area contributed by atoms with E-state index in [9.17, 15) is 14.3 Å². The summed E-state index contributed by atoms with van der Waals surface area (Å²) in [5.41, 5.74) is 3.83. The van der Waals surface area contributed by atoms with Crippen LogP contribution in [-0.4, -0.2) is 69.0 Å². The van der Waals surface area contributed by atoms with Crippen LogP contribution in [0, 0.1) is 19.7 Å². The average molecular weight is 658 g/mol. The van der Waals surface area contributed by atoms with Crippen molar-refractivity contribution in [1.29, 1.82) is 0 Å². The lowest BCUT2D eigenvalue weighted by atomic mass is 9.92. The number of halogens is 1. The number of benzene rings is 2. The molecule has 0 aliphatic carbocycles. The van der Waals surface area contributed by atoms with E-state index in [1.165, 1.54) is 6.07 Å². The maximum absolute atomic E-state index is 15.0. The van der Waals surface area contributed by atoms with Crippen molar-refractivity contribution in [3.8, 4) is 28.1 Å². The van der Waals surface area contributed by atoms with Crippen molar-refractivity contribution in [3.63, 3.8) is 0 Å². The van der Waals surface area contributed by atoms with E-state index in [0.29, 0.717) is 77.6 Å². The maximum Gasteiger partial charge on any atom is 0.337 e. The third kappa shape index (κ3) is 6.79. The molecule has 1 fully saturated rings. The number of fused-ring (bicyclic) bond motifs is 7. The Morgan fingerprint density at radius 2 is 1.85 bits per heavy atom. The summed E-state index contributed by atoms with van der Waals surface area (Å²) < 4.78 is 35.6. The Morgan fingerprint density at radius 1 is 1.12 bits per heavy atom. The third-order valence-corrected chi connectivity index (χ3v) is 9.07. The molecule has 254 valence electrons. The predicted molar refractivity (Wildman–Crippen MR) is 184 cm³/mol. The number of carbonyl (C=O) groups is 1. The fourth-order valence-corrected chi connectivity index (χ4v) is 6.48. The Kier molecular flexibility index (Phi) is 9.04. The number of aliphatic imine (C=N–C) groups is 1. The molecule has 2 unspecified atom stereocenters. The molecule has 0 amide bonds. The number of carboxylic acid groups (broad SMARTS) is 1. The fourth-order valence-electron chi connectivity index (χ4n) is 6.48. The van der Waals surface area contributed by atoms with Crippen molar-refractivity contribution in [2.24, 2.45) is 4.99 Å². The minimum atomic E-state index is -1.27. The van der Waals surface area contributed by atoms with Gasteiger partial charge in [-0.05, 0) is 90.6 Å².